The van der Waals surface area contributed by atoms with E-state index < -0.39 is 16.1 Å². The van der Waals surface area contributed by atoms with Gasteiger partial charge in [0.2, 0.25) is 10.0 Å². The van der Waals surface area contributed by atoms with Crippen LogP contribution in [-0.4, -0.2) is 25.4 Å². The van der Waals surface area contributed by atoms with Gasteiger partial charge in [0.05, 0.1) is 27.8 Å². The molecule has 0 aliphatic carbocycles. The molecular formula is C14H15N3O4S2. The molecular weight excluding hydrogens is 338 g/mol. The maximum atomic E-state index is 12.4. The van der Waals surface area contributed by atoms with Crippen molar-refractivity contribution in [1.82, 2.24) is 9.71 Å². The van der Waals surface area contributed by atoms with Crippen LogP contribution in [0.4, 0.5) is 5.69 Å². The van der Waals surface area contributed by atoms with Gasteiger partial charge in [0.25, 0.3) is 5.91 Å². The summed E-state index contributed by atoms with van der Waals surface area (Å²) >= 11 is 1.46. The van der Waals surface area contributed by atoms with E-state index in [-0.39, 0.29) is 17.3 Å². The Bertz CT molecular complexity index is 861. The predicted molar refractivity (Wildman–Crippen MR) is 86.0 cm³/mol. The molecule has 7 nitrogen and oxygen atoms in total. The molecule has 1 aromatic carbocycles. The summed E-state index contributed by atoms with van der Waals surface area (Å²) in [7, 11) is -3.69. The van der Waals surface area contributed by atoms with Crippen molar-refractivity contribution in [3.8, 4) is 5.75 Å². The number of carbonyl (C=O) groups excluding carboxylic acids is 1. The smallest absolute Gasteiger partial charge is 0.265 e. The van der Waals surface area contributed by atoms with Crippen LogP contribution >= 0.6 is 11.3 Å². The van der Waals surface area contributed by atoms with Gasteiger partial charge in [-0.25, -0.2) is 18.1 Å². The largest absolute Gasteiger partial charge is 0.479 e. The Morgan fingerprint density at radius 1 is 1.43 bits per heavy atom. The van der Waals surface area contributed by atoms with Crippen LogP contribution in [0, 0.1) is 6.92 Å². The Morgan fingerprint density at radius 3 is 2.91 bits per heavy atom. The number of sulfonamides is 1. The number of anilines is 1. The van der Waals surface area contributed by atoms with Crippen LogP contribution in [0.3, 0.4) is 0 Å². The standard InChI is InChI=1S/C14H15N3O4S2/c1-8-14(18)17-12-4-3-11(5-13(12)21-8)23(19,20)15-6-10-7-22-9(2)16-10/h3-5,7-8,15H,6H2,1-2H3,(H,17,18)/t8-/m0/s1. The van der Waals surface area contributed by atoms with E-state index in [0.717, 1.165) is 5.01 Å². The van der Waals surface area contributed by atoms with E-state index >= 15 is 0 Å². The molecule has 0 radical (unpaired) electrons. The topological polar surface area (TPSA) is 97.4 Å². The Kier molecular flexibility index (Phi) is 4.09. The van der Waals surface area contributed by atoms with Gasteiger partial charge in [-0.3, -0.25) is 4.79 Å². The van der Waals surface area contributed by atoms with Gasteiger partial charge in [0.15, 0.2) is 6.10 Å². The zero-order chi connectivity index (χ0) is 16.6. The van der Waals surface area contributed by atoms with Gasteiger partial charge in [-0.05, 0) is 26.0 Å². The molecule has 122 valence electrons. The van der Waals surface area contributed by atoms with E-state index in [4.69, 9.17) is 4.74 Å². The zero-order valence-corrected chi connectivity index (χ0v) is 14.1. The van der Waals surface area contributed by atoms with Crippen molar-refractivity contribution in [1.29, 1.82) is 0 Å². The Labute approximate surface area is 137 Å². The number of nitrogens with zero attached hydrogens (tertiary/aromatic N) is 1. The van der Waals surface area contributed by atoms with Crippen molar-refractivity contribution in [3.05, 3.63) is 34.3 Å². The normalized spacial score (nSPS) is 17.3. The van der Waals surface area contributed by atoms with Crippen molar-refractivity contribution in [3.63, 3.8) is 0 Å². The first-order valence-corrected chi connectivity index (χ1v) is 9.24. The number of hydrogen-bond donors (Lipinski definition) is 2. The molecule has 0 saturated heterocycles. The molecule has 1 amide bonds. The fourth-order valence-corrected chi connectivity index (χ4v) is 3.72. The lowest BCUT2D eigenvalue weighted by atomic mass is 10.2. The van der Waals surface area contributed by atoms with E-state index in [1.54, 1.807) is 6.92 Å². The molecule has 0 spiro atoms. The van der Waals surface area contributed by atoms with Crippen molar-refractivity contribution in [2.45, 2.75) is 31.4 Å². The summed E-state index contributed by atoms with van der Waals surface area (Å²) in [5.41, 5.74) is 1.13. The molecule has 1 aliphatic rings. The maximum Gasteiger partial charge on any atom is 0.265 e. The van der Waals surface area contributed by atoms with Gasteiger partial charge in [0.1, 0.15) is 5.75 Å². The lowest BCUT2D eigenvalue weighted by Crippen LogP contribution is -2.34. The van der Waals surface area contributed by atoms with E-state index in [1.165, 1.54) is 29.5 Å². The SMILES string of the molecule is Cc1nc(CNS(=O)(=O)c2ccc3c(c2)O[C@@H](C)C(=O)N3)cs1. The third-order valence-electron chi connectivity index (χ3n) is 3.30. The molecule has 23 heavy (non-hydrogen) atoms. The predicted octanol–water partition coefficient (Wildman–Crippen LogP) is 1.65. The molecule has 2 N–H and O–H groups in total. The van der Waals surface area contributed by atoms with Gasteiger partial charge in [-0.2, -0.15) is 0 Å². The number of rotatable bonds is 4. The highest BCUT2D eigenvalue weighted by Gasteiger charge is 2.25. The van der Waals surface area contributed by atoms with Crippen molar-refractivity contribution < 1.29 is 17.9 Å². The van der Waals surface area contributed by atoms with Crippen molar-refractivity contribution >= 4 is 33.0 Å². The number of nitrogens with one attached hydrogen (secondary N) is 2. The molecule has 2 aromatic rings. The molecule has 3 rings (SSSR count). The molecule has 0 fully saturated rings. The number of aryl methyl sites for hydroxylation is 1. The fourth-order valence-electron chi connectivity index (χ4n) is 2.09. The summed E-state index contributed by atoms with van der Waals surface area (Å²) in [6, 6.07) is 4.34. The summed E-state index contributed by atoms with van der Waals surface area (Å²) < 4.78 is 32.7. The molecule has 9 heteroatoms. The molecule has 1 atom stereocenters. The van der Waals surface area contributed by atoms with E-state index in [2.05, 4.69) is 15.0 Å². The number of aromatic nitrogens is 1. The third-order valence-corrected chi connectivity index (χ3v) is 5.53. The minimum Gasteiger partial charge on any atom is -0.479 e. The lowest BCUT2D eigenvalue weighted by Gasteiger charge is -2.23. The van der Waals surface area contributed by atoms with Crippen LogP contribution in [-0.2, 0) is 21.4 Å². The van der Waals surface area contributed by atoms with Crippen LogP contribution in [0.25, 0.3) is 0 Å². The number of carbonyl (C=O) groups is 1. The monoisotopic (exact) mass is 353 g/mol. The van der Waals surface area contributed by atoms with Gasteiger partial charge in [0, 0.05) is 11.4 Å². The van der Waals surface area contributed by atoms with E-state index in [9.17, 15) is 13.2 Å². The molecule has 0 bridgehead atoms. The number of thiazole rings is 1. The minimum absolute atomic E-state index is 0.0755. The van der Waals surface area contributed by atoms with Crippen molar-refractivity contribution in [2.24, 2.45) is 0 Å². The molecule has 0 unspecified atom stereocenters. The molecule has 2 heterocycles. The Balaban J connectivity index is 1.80. The first kappa shape index (κ1) is 15.9. The molecule has 1 aliphatic heterocycles. The highest BCUT2D eigenvalue weighted by Crippen LogP contribution is 2.31. The second kappa shape index (κ2) is 5.91. The Morgan fingerprint density at radius 2 is 2.22 bits per heavy atom. The highest BCUT2D eigenvalue weighted by molar-refractivity contribution is 7.89. The number of amides is 1. The number of ether oxygens (including phenoxy) is 1. The van der Waals surface area contributed by atoms with Gasteiger partial charge >= 0.3 is 0 Å². The van der Waals surface area contributed by atoms with Gasteiger partial charge in [-0.15, -0.1) is 11.3 Å². The number of hydrogen-bond acceptors (Lipinski definition) is 6. The summed E-state index contributed by atoms with van der Waals surface area (Å²) in [5, 5.41) is 5.35. The van der Waals surface area contributed by atoms with Crippen LogP contribution in [0.2, 0.25) is 0 Å². The quantitative estimate of drug-likeness (QED) is 0.871. The Hall–Kier alpha value is -1.97. The summed E-state index contributed by atoms with van der Waals surface area (Å²) in [6.45, 7) is 3.58. The average Bonchev–Trinajstić information content (AvgIpc) is 2.92. The van der Waals surface area contributed by atoms with E-state index in [0.29, 0.717) is 17.1 Å². The summed E-state index contributed by atoms with van der Waals surface area (Å²) in [4.78, 5) is 15.8. The third kappa shape index (κ3) is 3.36. The molecule has 1 aromatic heterocycles. The number of fused-ring (bicyclic) bond motifs is 1. The second-order valence-corrected chi connectivity index (χ2v) is 7.92. The average molecular weight is 353 g/mol. The van der Waals surface area contributed by atoms with Gasteiger partial charge < -0.3 is 10.1 Å². The summed E-state index contributed by atoms with van der Waals surface area (Å²) in [5.74, 6) is 0.0783. The van der Waals surface area contributed by atoms with Crippen LogP contribution < -0.4 is 14.8 Å². The second-order valence-electron chi connectivity index (χ2n) is 5.09. The lowest BCUT2D eigenvalue weighted by molar-refractivity contribution is -0.122. The maximum absolute atomic E-state index is 12.4. The number of benzene rings is 1. The van der Waals surface area contributed by atoms with Gasteiger partial charge in [-0.1, -0.05) is 0 Å². The minimum atomic E-state index is -3.69. The van der Waals surface area contributed by atoms with Crippen LogP contribution in [0.1, 0.15) is 17.6 Å². The first-order valence-electron chi connectivity index (χ1n) is 6.87. The summed E-state index contributed by atoms with van der Waals surface area (Å²) in [6.07, 6.45) is -0.661. The highest BCUT2D eigenvalue weighted by atomic mass is 32.2. The first-order chi connectivity index (χ1) is 10.8. The van der Waals surface area contributed by atoms with Crippen LogP contribution in [0.15, 0.2) is 28.5 Å². The zero-order valence-electron chi connectivity index (χ0n) is 12.5. The fraction of sp³-hybridized carbons (Fsp3) is 0.286. The van der Waals surface area contributed by atoms with E-state index in [1.807, 2.05) is 12.3 Å². The van der Waals surface area contributed by atoms with Crippen molar-refractivity contribution in [2.75, 3.05) is 5.32 Å². The molecule has 0 saturated carbocycles. The van der Waals surface area contributed by atoms with Crippen LogP contribution in [0.5, 0.6) is 5.75 Å².